The van der Waals surface area contributed by atoms with Gasteiger partial charge in [-0.1, -0.05) is 30.3 Å². The third-order valence-corrected chi connectivity index (χ3v) is 2.29. The first kappa shape index (κ1) is 9.19. The Balaban J connectivity index is 3.06. The molecule has 1 aromatic carbocycles. The van der Waals surface area contributed by atoms with Crippen LogP contribution in [-0.2, 0) is 9.37 Å². The summed E-state index contributed by atoms with van der Waals surface area (Å²) in [4.78, 5) is 10.6. The molecule has 12 heavy (non-hydrogen) atoms. The molecule has 0 fully saturated rings. The summed E-state index contributed by atoms with van der Waals surface area (Å²) in [5.41, 5.74) is 5.05. The molecule has 2 N–H and O–H groups in total. The van der Waals surface area contributed by atoms with Crippen LogP contribution in [0.25, 0.3) is 0 Å². The van der Waals surface area contributed by atoms with Gasteiger partial charge in [-0.15, -0.1) is 0 Å². The van der Waals surface area contributed by atoms with E-state index in [-0.39, 0.29) is 5.56 Å². The molecule has 1 amide bonds. The molecule has 0 aliphatic heterocycles. The van der Waals surface area contributed by atoms with Crippen LogP contribution in [0.5, 0.6) is 0 Å². The van der Waals surface area contributed by atoms with Crippen LogP contribution in [0.3, 0.4) is 0 Å². The van der Waals surface area contributed by atoms with Gasteiger partial charge in [-0.25, -0.2) is 4.39 Å². The number of alkyl halides is 2. The molecule has 0 radical (unpaired) electrons. The van der Waals surface area contributed by atoms with Crippen LogP contribution < -0.4 is 5.73 Å². The lowest BCUT2D eigenvalue weighted by atomic mass is 10.1. The number of benzene rings is 1. The minimum atomic E-state index is -2.26. The zero-order chi connectivity index (χ0) is 9.19. The molecule has 2 nitrogen and oxygen atoms in total. The van der Waals surface area contributed by atoms with E-state index in [0.717, 1.165) is 0 Å². The van der Waals surface area contributed by atoms with Gasteiger partial charge in [0.25, 0.3) is 10.5 Å². The second-order valence-corrected chi connectivity index (χ2v) is 3.40. The van der Waals surface area contributed by atoms with E-state index >= 15 is 0 Å². The van der Waals surface area contributed by atoms with Crippen molar-refractivity contribution in [1.29, 1.82) is 0 Å². The van der Waals surface area contributed by atoms with Crippen molar-refractivity contribution in [3.63, 3.8) is 0 Å². The van der Waals surface area contributed by atoms with E-state index in [4.69, 9.17) is 5.73 Å². The second kappa shape index (κ2) is 3.23. The number of hydrogen-bond acceptors (Lipinski definition) is 1. The maximum absolute atomic E-state index is 13.4. The van der Waals surface area contributed by atoms with Crippen molar-refractivity contribution in [2.45, 2.75) is 4.58 Å². The fourth-order valence-corrected chi connectivity index (χ4v) is 1.05. The van der Waals surface area contributed by atoms with E-state index in [0.29, 0.717) is 0 Å². The van der Waals surface area contributed by atoms with E-state index in [1.807, 2.05) is 0 Å². The zero-order valence-electron chi connectivity index (χ0n) is 6.13. The van der Waals surface area contributed by atoms with Crippen molar-refractivity contribution in [3.05, 3.63) is 35.9 Å². The highest BCUT2D eigenvalue weighted by molar-refractivity contribution is 9.10. The summed E-state index contributed by atoms with van der Waals surface area (Å²) >= 11 is 2.61. The summed E-state index contributed by atoms with van der Waals surface area (Å²) in [5.74, 6) is -1.05. The van der Waals surface area contributed by atoms with Gasteiger partial charge in [0.05, 0.1) is 0 Å². The Morgan fingerprint density at radius 2 is 1.92 bits per heavy atom. The highest BCUT2D eigenvalue weighted by atomic mass is 79.9. The first-order chi connectivity index (χ1) is 5.55. The molecule has 1 rings (SSSR count). The number of amides is 1. The first-order valence-electron chi connectivity index (χ1n) is 3.28. The topological polar surface area (TPSA) is 43.1 Å². The third kappa shape index (κ3) is 1.64. The molecule has 4 heteroatoms. The Bertz CT molecular complexity index is 286. The molecule has 0 spiro atoms. The fourth-order valence-electron chi connectivity index (χ4n) is 0.790. The molecule has 64 valence electrons. The van der Waals surface area contributed by atoms with Gasteiger partial charge in [0.1, 0.15) is 0 Å². The van der Waals surface area contributed by atoms with Gasteiger partial charge in [-0.2, -0.15) is 0 Å². The standard InChI is InChI=1S/C8H7BrFNO/c9-8(10,7(11)12)6-4-2-1-3-5-6/h1-5H,(H2,11,12). The van der Waals surface area contributed by atoms with Crippen molar-refractivity contribution in [2.75, 3.05) is 0 Å². The van der Waals surface area contributed by atoms with Gasteiger partial charge in [0.2, 0.25) is 0 Å². The summed E-state index contributed by atoms with van der Waals surface area (Å²) in [6.45, 7) is 0. The number of nitrogens with two attached hydrogens (primary N) is 1. The van der Waals surface area contributed by atoms with Crippen molar-refractivity contribution in [1.82, 2.24) is 0 Å². The van der Waals surface area contributed by atoms with Gasteiger partial charge in [-0.05, 0) is 15.9 Å². The summed E-state index contributed by atoms with van der Waals surface area (Å²) in [6.07, 6.45) is 0. The Hall–Kier alpha value is -0.900. The smallest absolute Gasteiger partial charge is 0.271 e. The molecule has 0 saturated heterocycles. The normalized spacial score (nSPS) is 15.2. The molecule has 0 bridgehead atoms. The summed E-state index contributed by atoms with van der Waals surface area (Å²) in [5, 5.41) is 0. The summed E-state index contributed by atoms with van der Waals surface area (Å²) < 4.78 is 11.1. The Kier molecular flexibility index (Phi) is 2.47. The molecule has 1 atom stereocenters. The largest absolute Gasteiger partial charge is 0.366 e. The third-order valence-electron chi connectivity index (χ3n) is 1.45. The highest BCUT2D eigenvalue weighted by Gasteiger charge is 2.34. The van der Waals surface area contributed by atoms with Gasteiger partial charge >= 0.3 is 0 Å². The lowest BCUT2D eigenvalue weighted by Gasteiger charge is -2.13. The highest BCUT2D eigenvalue weighted by Crippen LogP contribution is 2.32. The van der Waals surface area contributed by atoms with Crippen LogP contribution in [0.2, 0.25) is 0 Å². The van der Waals surface area contributed by atoms with E-state index in [1.54, 1.807) is 18.2 Å². The Morgan fingerprint density at radius 3 is 2.33 bits per heavy atom. The van der Waals surface area contributed by atoms with E-state index in [1.165, 1.54) is 12.1 Å². The Morgan fingerprint density at radius 1 is 1.42 bits per heavy atom. The van der Waals surface area contributed by atoms with Crippen LogP contribution in [-0.4, -0.2) is 5.91 Å². The second-order valence-electron chi connectivity index (χ2n) is 2.30. The van der Waals surface area contributed by atoms with Gasteiger partial charge in [-0.3, -0.25) is 4.79 Å². The summed E-state index contributed by atoms with van der Waals surface area (Å²) in [7, 11) is 0. The lowest BCUT2D eigenvalue weighted by molar-refractivity contribution is -0.124. The molecular formula is C8H7BrFNO. The minimum Gasteiger partial charge on any atom is -0.366 e. The van der Waals surface area contributed by atoms with Gasteiger partial charge in [0.15, 0.2) is 0 Å². The molecule has 0 aliphatic rings. The molecule has 0 saturated carbocycles. The van der Waals surface area contributed by atoms with E-state index in [9.17, 15) is 9.18 Å². The van der Waals surface area contributed by atoms with Crippen LogP contribution in [0.1, 0.15) is 5.56 Å². The molecule has 0 heterocycles. The quantitative estimate of drug-likeness (QED) is 0.774. The number of carbonyl (C=O) groups excluding carboxylic acids is 1. The average Bonchev–Trinajstić information content (AvgIpc) is 2.06. The molecule has 0 aromatic heterocycles. The first-order valence-corrected chi connectivity index (χ1v) is 4.07. The monoisotopic (exact) mass is 231 g/mol. The van der Waals surface area contributed by atoms with E-state index in [2.05, 4.69) is 15.9 Å². The predicted octanol–water partition coefficient (Wildman–Crippen LogP) is 1.69. The van der Waals surface area contributed by atoms with Crippen LogP contribution in [0.15, 0.2) is 30.3 Å². The van der Waals surface area contributed by atoms with Gasteiger partial charge in [0, 0.05) is 5.56 Å². The van der Waals surface area contributed by atoms with Crippen LogP contribution in [0, 0.1) is 0 Å². The lowest BCUT2D eigenvalue weighted by Crippen LogP contribution is -2.31. The van der Waals surface area contributed by atoms with Crippen LogP contribution in [0.4, 0.5) is 4.39 Å². The maximum atomic E-state index is 13.4. The SMILES string of the molecule is NC(=O)C(F)(Br)c1ccccc1. The van der Waals surface area contributed by atoms with Crippen molar-refractivity contribution >= 4 is 21.8 Å². The molecule has 0 aliphatic carbocycles. The van der Waals surface area contributed by atoms with Crippen molar-refractivity contribution in [3.8, 4) is 0 Å². The maximum Gasteiger partial charge on any atom is 0.271 e. The predicted molar refractivity (Wildman–Crippen MR) is 47.3 cm³/mol. The van der Waals surface area contributed by atoms with Crippen molar-refractivity contribution in [2.24, 2.45) is 5.73 Å². The Labute approximate surface area is 77.7 Å². The van der Waals surface area contributed by atoms with E-state index < -0.39 is 10.5 Å². The van der Waals surface area contributed by atoms with Crippen molar-refractivity contribution < 1.29 is 9.18 Å². The number of primary amides is 1. The fraction of sp³-hybridized carbons (Fsp3) is 0.125. The molecule has 1 aromatic rings. The minimum absolute atomic E-state index is 0.206. The molecule has 1 unspecified atom stereocenters. The number of carbonyl (C=O) groups is 1. The molecular weight excluding hydrogens is 225 g/mol. The zero-order valence-corrected chi connectivity index (χ0v) is 7.71. The summed E-state index contributed by atoms with van der Waals surface area (Å²) in [6, 6.07) is 7.97. The van der Waals surface area contributed by atoms with Crippen LogP contribution >= 0.6 is 15.9 Å². The van der Waals surface area contributed by atoms with Gasteiger partial charge < -0.3 is 5.73 Å². The number of rotatable bonds is 2. The number of hydrogen-bond donors (Lipinski definition) is 1. The number of halogens is 2. The average molecular weight is 232 g/mol.